The Morgan fingerprint density at radius 2 is 2.15 bits per heavy atom. The lowest BCUT2D eigenvalue weighted by Crippen LogP contribution is -2.33. The van der Waals surface area contributed by atoms with Crippen LogP contribution in [-0.2, 0) is 4.79 Å². The minimum absolute atomic E-state index is 0.114. The molecule has 0 radical (unpaired) electrons. The van der Waals surface area contributed by atoms with Crippen molar-refractivity contribution in [3.63, 3.8) is 0 Å². The second-order valence-electron chi connectivity index (χ2n) is 4.30. The third-order valence-corrected chi connectivity index (χ3v) is 2.20. The van der Waals surface area contributed by atoms with Gasteiger partial charge in [-0.05, 0) is 25.2 Å². The third-order valence-electron chi connectivity index (χ3n) is 2.20. The van der Waals surface area contributed by atoms with Gasteiger partial charge in [-0.3, -0.25) is 4.79 Å². The van der Waals surface area contributed by atoms with Crippen molar-refractivity contribution in [3.8, 4) is 0 Å². The van der Waals surface area contributed by atoms with E-state index < -0.39 is 0 Å². The van der Waals surface area contributed by atoms with Gasteiger partial charge in [0.15, 0.2) is 0 Å². The molecule has 76 valence electrons. The molecule has 0 saturated heterocycles. The molecule has 1 amide bonds. The van der Waals surface area contributed by atoms with Crippen molar-refractivity contribution in [2.75, 3.05) is 6.54 Å². The average molecular weight is 185 g/mol. The summed E-state index contributed by atoms with van der Waals surface area (Å²) < 4.78 is 0. The maximum Gasteiger partial charge on any atom is 0.223 e. The Bertz CT molecular complexity index is 176. The molecular formula is C10H19NO2. The highest BCUT2D eigenvalue weighted by Crippen LogP contribution is 2.28. The maximum atomic E-state index is 11.2. The summed E-state index contributed by atoms with van der Waals surface area (Å²) in [7, 11) is 0. The van der Waals surface area contributed by atoms with Gasteiger partial charge in [0.05, 0.1) is 6.10 Å². The van der Waals surface area contributed by atoms with E-state index in [2.05, 4.69) is 19.2 Å². The standard InChI is InChI=1S/C10H19NO2/c1-7(2)5-9(12)6-11-10(13)8-3-4-8/h7-9,12H,3-6H2,1-2H3,(H,11,13). The molecule has 0 aliphatic heterocycles. The molecule has 3 nitrogen and oxygen atoms in total. The molecule has 0 bridgehead atoms. The zero-order chi connectivity index (χ0) is 9.84. The van der Waals surface area contributed by atoms with Crippen LogP contribution in [0.2, 0.25) is 0 Å². The zero-order valence-corrected chi connectivity index (χ0v) is 8.42. The van der Waals surface area contributed by atoms with Gasteiger partial charge in [0.2, 0.25) is 5.91 Å². The largest absolute Gasteiger partial charge is 0.391 e. The van der Waals surface area contributed by atoms with Gasteiger partial charge in [-0.15, -0.1) is 0 Å². The Kier molecular flexibility index (Phi) is 3.72. The van der Waals surface area contributed by atoms with Crippen molar-refractivity contribution in [3.05, 3.63) is 0 Å². The molecule has 0 aromatic rings. The van der Waals surface area contributed by atoms with E-state index in [0.717, 1.165) is 19.3 Å². The number of hydrogen-bond donors (Lipinski definition) is 2. The zero-order valence-electron chi connectivity index (χ0n) is 8.42. The van der Waals surface area contributed by atoms with Crippen LogP contribution in [0, 0.1) is 11.8 Å². The van der Waals surface area contributed by atoms with E-state index in [-0.39, 0.29) is 17.9 Å². The molecule has 0 aromatic heterocycles. The quantitative estimate of drug-likeness (QED) is 0.669. The summed E-state index contributed by atoms with van der Waals surface area (Å²) in [4.78, 5) is 11.2. The molecule has 1 aliphatic carbocycles. The van der Waals surface area contributed by atoms with Crippen molar-refractivity contribution >= 4 is 5.91 Å². The molecular weight excluding hydrogens is 166 g/mol. The summed E-state index contributed by atoms with van der Waals surface area (Å²) in [5.41, 5.74) is 0. The number of carbonyl (C=O) groups excluding carboxylic acids is 1. The number of aliphatic hydroxyl groups is 1. The molecule has 0 heterocycles. The van der Waals surface area contributed by atoms with Crippen LogP contribution in [0.1, 0.15) is 33.1 Å². The molecule has 1 unspecified atom stereocenters. The minimum Gasteiger partial charge on any atom is -0.391 e. The third kappa shape index (κ3) is 4.27. The Balaban J connectivity index is 2.06. The number of aliphatic hydroxyl groups excluding tert-OH is 1. The van der Waals surface area contributed by atoms with Gasteiger partial charge in [0.25, 0.3) is 0 Å². The summed E-state index contributed by atoms with van der Waals surface area (Å²) in [6, 6.07) is 0. The Labute approximate surface area is 79.5 Å². The minimum atomic E-state index is -0.386. The van der Waals surface area contributed by atoms with Gasteiger partial charge < -0.3 is 10.4 Å². The van der Waals surface area contributed by atoms with Crippen molar-refractivity contribution in [2.24, 2.45) is 11.8 Å². The van der Waals surface area contributed by atoms with E-state index in [4.69, 9.17) is 0 Å². The first kappa shape index (κ1) is 10.5. The van der Waals surface area contributed by atoms with E-state index in [1.54, 1.807) is 0 Å². The molecule has 1 atom stereocenters. The van der Waals surface area contributed by atoms with E-state index in [1.807, 2.05) is 0 Å². The molecule has 1 saturated carbocycles. The second-order valence-corrected chi connectivity index (χ2v) is 4.30. The summed E-state index contributed by atoms with van der Waals surface area (Å²) in [6.45, 7) is 4.53. The van der Waals surface area contributed by atoms with E-state index in [9.17, 15) is 9.90 Å². The highest BCUT2D eigenvalue weighted by Gasteiger charge is 2.29. The lowest BCUT2D eigenvalue weighted by atomic mass is 10.1. The van der Waals surface area contributed by atoms with Gasteiger partial charge in [0.1, 0.15) is 0 Å². The van der Waals surface area contributed by atoms with Crippen LogP contribution in [0.5, 0.6) is 0 Å². The van der Waals surface area contributed by atoms with Gasteiger partial charge in [0, 0.05) is 12.5 Å². The van der Waals surface area contributed by atoms with Crippen LogP contribution in [0.4, 0.5) is 0 Å². The van der Waals surface area contributed by atoms with Crippen molar-refractivity contribution < 1.29 is 9.90 Å². The van der Waals surface area contributed by atoms with Crippen molar-refractivity contribution in [2.45, 2.75) is 39.2 Å². The molecule has 0 aromatic carbocycles. The Hall–Kier alpha value is -0.570. The summed E-state index contributed by atoms with van der Waals surface area (Å²) in [5, 5.41) is 12.2. The predicted octanol–water partition coefficient (Wildman–Crippen LogP) is 0.920. The monoisotopic (exact) mass is 185 g/mol. The van der Waals surface area contributed by atoms with Gasteiger partial charge in [-0.2, -0.15) is 0 Å². The van der Waals surface area contributed by atoms with Crippen molar-refractivity contribution in [1.29, 1.82) is 0 Å². The molecule has 0 spiro atoms. The Morgan fingerprint density at radius 3 is 2.62 bits per heavy atom. The molecule has 2 N–H and O–H groups in total. The molecule has 1 fully saturated rings. The number of hydrogen-bond acceptors (Lipinski definition) is 2. The number of amides is 1. The SMILES string of the molecule is CC(C)CC(O)CNC(=O)C1CC1. The fraction of sp³-hybridized carbons (Fsp3) is 0.900. The number of nitrogens with one attached hydrogen (secondary N) is 1. The van der Waals surface area contributed by atoms with Crippen LogP contribution in [0.15, 0.2) is 0 Å². The van der Waals surface area contributed by atoms with Crippen LogP contribution < -0.4 is 5.32 Å². The lowest BCUT2D eigenvalue weighted by molar-refractivity contribution is -0.122. The van der Waals surface area contributed by atoms with Crippen LogP contribution in [-0.4, -0.2) is 23.7 Å². The fourth-order valence-electron chi connectivity index (χ4n) is 1.34. The highest BCUT2D eigenvalue weighted by atomic mass is 16.3. The normalized spacial score (nSPS) is 18.8. The van der Waals surface area contributed by atoms with Crippen LogP contribution in [0.25, 0.3) is 0 Å². The number of rotatable bonds is 5. The Morgan fingerprint density at radius 1 is 1.54 bits per heavy atom. The maximum absolute atomic E-state index is 11.2. The van der Waals surface area contributed by atoms with Gasteiger partial charge >= 0.3 is 0 Å². The van der Waals surface area contributed by atoms with Gasteiger partial charge in [-0.1, -0.05) is 13.8 Å². The lowest BCUT2D eigenvalue weighted by Gasteiger charge is -2.13. The smallest absolute Gasteiger partial charge is 0.223 e. The van der Waals surface area contributed by atoms with E-state index >= 15 is 0 Å². The predicted molar refractivity (Wildman–Crippen MR) is 51.2 cm³/mol. The van der Waals surface area contributed by atoms with Crippen LogP contribution in [0.3, 0.4) is 0 Å². The topological polar surface area (TPSA) is 49.3 Å². The molecule has 3 heteroatoms. The fourth-order valence-corrected chi connectivity index (χ4v) is 1.34. The first-order valence-electron chi connectivity index (χ1n) is 5.05. The van der Waals surface area contributed by atoms with Gasteiger partial charge in [-0.25, -0.2) is 0 Å². The second kappa shape index (κ2) is 4.61. The first-order chi connectivity index (χ1) is 6.09. The summed E-state index contributed by atoms with van der Waals surface area (Å²) in [6.07, 6.45) is 2.41. The average Bonchev–Trinajstić information content (AvgIpc) is 2.80. The molecule has 13 heavy (non-hydrogen) atoms. The van der Waals surface area contributed by atoms with Crippen LogP contribution >= 0.6 is 0 Å². The number of carbonyl (C=O) groups is 1. The first-order valence-corrected chi connectivity index (χ1v) is 5.05. The molecule has 1 rings (SSSR count). The van der Waals surface area contributed by atoms with E-state index in [1.165, 1.54) is 0 Å². The van der Waals surface area contributed by atoms with E-state index in [0.29, 0.717) is 12.5 Å². The van der Waals surface area contributed by atoms with Crippen molar-refractivity contribution in [1.82, 2.24) is 5.32 Å². The highest BCUT2D eigenvalue weighted by molar-refractivity contribution is 5.80. The summed E-state index contributed by atoms with van der Waals surface area (Å²) >= 11 is 0. The summed E-state index contributed by atoms with van der Waals surface area (Å²) in [5.74, 6) is 0.835. The molecule has 1 aliphatic rings.